The third-order valence-corrected chi connectivity index (χ3v) is 9.47. The first-order chi connectivity index (χ1) is 25.5. The molecule has 0 radical (unpaired) electrons. The van der Waals surface area contributed by atoms with Gasteiger partial charge in [0.05, 0.1) is 25.3 Å². The molecule has 0 aromatic heterocycles. The summed E-state index contributed by atoms with van der Waals surface area (Å²) in [5.41, 5.74) is 4.96. The highest BCUT2D eigenvalue weighted by molar-refractivity contribution is 6.10. The van der Waals surface area contributed by atoms with Gasteiger partial charge in [-0.1, -0.05) is 97.1 Å². The Hall–Kier alpha value is -6.66. The fraction of sp³-hybridized carbons (Fsp3) is 0.0870. The largest absolute Gasteiger partial charge is 0.488 e. The van der Waals surface area contributed by atoms with E-state index >= 15 is 0 Å². The standard InChI is InChI=1S/C46H34O6/c1-49-45(47)37-17-15-33-23-29(11-13-35(33)25-37)27-51-41-21-19-31-7-3-5-9-39(31)43(41)44-40-10-6-4-8-32(40)20-22-42(44)52-28-30-12-14-36-26-38(46(48)50-2)18-16-34(36)24-30/h3-26H,27-28H2,1-2H3. The number of benzene rings is 8. The fourth-order valence-corrected chi connectivity index (χ4v) is 6.84. The molecule has 0 bridgehead atoms. The van der Waals surface area contributed by atoms with Crippen molar-refractivity contribution in [3.63, 3.8) is 0 Å². The number of methoxy groups -OCH3 is 2. The molecular formula is C46H34O6. The van der Waals surface area contributed by atoms with Gasteiger partial charge in [0.15, 0.2) is 0 Å². The van der Waals surface area contributed by atoms with E-state index in [0.717, 1.165) is 76.8 Å². The third kappa shape index (κ3) is 6.27. The van der Waals surface area contributed by atoms with Crippen LogP contribution in [0, 0.1) is 0 Å². The van der Waals surface area contributed by atoms with Gasteiger partial charge >= 0.3 is 11.9 Å². The van der Waals surface area contributed by atoms with E-state index in [1.807, 2.05) is 84.9 Å². The molecule has 8 aromatic carbocycles. The van der Waals surface area contributed by atoms with Crippen LogP contribution in [-0.4, -0.2) is 26.2 Å². The van der Waals surface area contributed by atoms with E-state index in [1.54, 1.807) is 12.1 Å². The lowest BCUT2D eigenvalue weighted by atomic mass is 9.92. The van der Waals surface area contributed by atoms with Crippen LogP contribution in [0.15, 0.2) is 146 Å². The van der Waals surface area contributed by atoms with Crippen LogP contribution in [0.4, 0.5) is 0 Å². The fourth-order valence-electron chi connectivity index (χ4n) is 6.84. The normalized spacial score (nSPS) is 11.2. The van der Waals surface area contributed by atoms with Gasteiger partial charge in [-0.2, -0.15) is 0 Å². The zero-order valence-electron chi connectivity index (χ0n) is 28.7. The quantitative estimate of drug-likeness (QED) is 0.141. The minimum Gasteiger partial charge on any atom is -0.488 e. The maximum atomic E-state index is 12.1. The van der Waals surface area contributed by atoms with Crippen molar-refractivity contribution in [2.24, 2.45) is 0 Å². The summed E-state index contributed by atoms with van der Waals surface area (Å²) in [6, 6.07) is 48.3. The zero-order chi connectivity index (χ0) is 35.6. The molecule has 0 heterocycles. The highest BCUT2D eigenvalue weighted by Gasteiger charge is 2.20. The molecule has 0 fully saturated rings. The number of carbonyl (C=O) groups excluding carboxylic acids is 2. The number of carbonyl (C=O) groups is 2. The number of hydrogen-bond donors (Lipinski definition) is 0. The van der Waals surface area contributed by atoms with E-state index in [1.165, 1.54) is 14.2 Å². The summed E-state index contributed by atoms with van der Waals surface area (Å²) in [4.78, 5) is 24.1. The van der Waals surface area contributed by atoms with Gasteiger partial charge in [-0.05, 0) is 103 Å². The van der Waals surface area contributed by atoms with Gasteiger partial charge in [0.25, 0.3) is 0 Å². The molecule has 0 aliphatic rings. The number of rotatable bonds is 9. The summed E-state index contributed by atoms with van der Waals surface area (Å²) in [5.74, 6) is 0.770. The Morgan fingerprint density at radius 1 is 0.423 bits per heavy atom. The summed E-state index contributed by atoms with van der Waals surface area (Å²) in [7, 11) is 2.77. The molecule has 52 heavy (non-hydrogen) atoms. The second kappa shape index (κ2) is 13.9. The van der Waals surface area contributed by atoms with Crippen LogP contribution in [0.25, 0.3) is 54.2 Å². The Labute approximate surface area is 300 Å². The number of hydrogen-bond acceptors (Lipinski definition) is 6. The van der Waals surface area contributed by atoms with Crippen molar-refractivity contribution in [2.45, 2.75) is 13.2 Å². The first-order valence-electron chi connectivity index (χ1n) is 17.0. The lowest BCUT2D eigenvalue weighted by Crippen LogP contribution is -2.02. The lowest BCUT2D eigenvalue weighted by Gasteiger charge is -2.20. The molecule has 0 spiro atoms. The van der Waals surface area contributed by atoms with Crippen molar-refractivity contribution in [3.8, 4) is 22.6 Å². The van der Waals surface area contributed by atoms with Crippen molar-refractivity contribution >= 4 is 55.0 Å². The number of fused-ring (bicyclic) bond motifs is 4. The Balaban J connectivity index is 1.17. The van der Waals surface area contributed by atoms with E-state index in [-0.39, 0.29) is 11.9 Å². The van der Waals surface area contributed by atoms with E-state index in [0.29, 0.717) is 24.3 Å². The summed E-state index contributed by atoms with van der Waals surface area (Å²) >= 11 is 0. The van der Waals surface area contributed by atoms with Gasteiger partial charge in [0.1, 0.15) is 24.7 Å². The van der Waals surface area contributed by atoms with Gasteiger partial charge < -0.3 is 18.9 Å². The minimum atomic E-state index is -0.359. The van der Waals surface area contributed by atoms with Crippen molar-refractivity contribution in [2.75, 3.05) is 14.2 Å². The highest BCUT2D eigenvalue weighted by atomic mass is 16.5. The van der Waals surface area contributed by atoms with Crippen LogP contribution in [0.1, 0.15) is 31.8 Å². The summed E-state index contributed by atoms with van der Waals surface area (Å²) in [6.45, 7) is 0.686. The monoisotopic (exact) mass is 682 g/mol. The van der Waals surface area contributed by atoms with Gasteiger partial charge in [-0.15, -0.1) is 0 Å². The van der Waals surface area contributed by atoms with Crippen molar-refractivity contribution in [3.05, 3.63) is 168 Å². The Kier molecular flexibility index (Phi) is 8.71. The Morgan fingerprint density at radius 2 is 0.808 bits per heavy atom. The predicted octanol–water partition coefficient (Wildman–Crippen LogP) is 10.7. The van der Waals surface area contributed by atoms with E-state index < -0.39 is 0 Å². The van der Waals surface area contributed by atoms with Gasteiger partial charge in [0, 0.05) is 11.1 Å². The molecule has 0 N–H and O–H groups in total. The highest BCUT2D eigenvalue weighted by Crippen LogP contribution is 2.46. The summed E-state index contributed by atoms with van der Waals surface area (Å²) in [5, 5.41) is 8.23. The van der Waals surface area contributed by atoms with E-state index in [4.69, 9.17) is 18.9 Å². The van der Waals surface area contributed by atoms with Crippen LogP contribution >= 0.6 is 0 Å². The van der Waals surface area contributed by atoms with Crippen LogP contribution in [0.3, 0.4) is 0 Å². The van der Waals surface area contributed by atoms with Crippen LogP contribution < -0.4 is 9.47 Å². The second-order valence-electron chi connectivity index (χ2n) is 12.7. The Morgan fingerprint density at radius 3 is 1.25 bits per heavy atom. The zero-order valence-corrected chi connectivity index (χ0v) is 28.7. The summed E-state index contributed by atoms with van der Waals surface area (Å²) in [6.07, 6.45) is 0. The van der Waals surface area contributed by atoms with E-state index in [2.05, 4.69) is 48.5 Å². The first-order valence-corrected chi connectivity index (χ1v) is 17.0. The molecule has 8 aromatic rings. The number of esters is 2. The van der Waals surface area contributed by atoms with Gasteiger partial charge in [-0.3, -0.25) is 0 Å². The minimum absolute atomic E-state index is 0.343. The van der Waals surface area contributed by atoms with Crippen molar-refractivity contribution in [1.82, 2.24) is 0 Å². The van der Waals surface area contributed by atoms with Crippen LogP contribution in [-0.2, 0) is 22.7 Å². The van der Waals surface area contributed by atoms with E-state index in [9.17, 15) is 9.59 Å². The SMILES string of the molecule is COC(=O)c1ccc2cc(COc3ccc4ccccc4c3-c3c(OCc4ccc5cc(C(=O)OC)ccc5c4)ccc4ccccc34)ccc2c1. The lowest BCUT2D eigenvalue weighted by molar-refractivity contribution is 0.0592. The van der Waals surface area contributed by atoms with Crippen molar-refractivity contribution < 1.29 is 28.5 Å². The molecule has 0 unspecified atom stereocenters. The smallest absolute Gasteiger partial charge is 0.337 e. The average molecular weight is 683 g/mol. The molecule has 8 rings (SSSR count). The molecule has 0 amide bonds. The molecule has 6 heteroatoms. The maximum Gasteiger partial charge on any atom is 0.337 e. The number of ether oxygens (including phenoxy) is 4. The summed E-state index contributed by atoms with van der Waals surface area (Å²) < 4.78 is 23.2. The Bertz CT molecular complexity index is 2470. The molecule has 0 atom stereocenters. The first kappa shape index (κ1) is 32.5. The molecular weight excluding hydrogens is 648 g/mol. The van der Waals surface area contributed by atoms with Gasteiger partial charge in [0.2, 0.25) is 0 Å². The van der Waals surface area contributed by atoms with Crippen LogP contribution in [0.2, 0.25) is 0 Å². The molecule has 0 saturated carbocycles. The molecule has 0 aliphatic heterocycles. The molecule has 0 saturated heterocycles. The van der Waals surface area contributed by atoms with Crippen LogP contribution in [0.5, 0.6) is 11.5 Å². The third-order valence-electron chi connectivity index (χ3n) is 9.47. The molecule has 6 nitrogen and oxygen atoms in total. The topological polar surface area (TPSA) is 71.1 Å². The van der Waals surface area contributed by atoms with Crippen molar-refractivity contribution in [1.29, 1.82) is 0 Å². The predicted molar refractivity (Wildman–Crippen MR) is 206 cm³/mol. The maximum absolute atomic E-state index is 12.1. The average Bonchev–Trinajstić information content (AvgIpc) is 3.20. The second-order valence-corrected chi connectivity index (χ2v) is 12.7. The molecule has 254 valence electrons. The van der Waals surface area contributed by atoms with Gasteiger partial charge in [-0.25, -0.2) is 9.59 Å². The molecule has 0 aliphatic carbocycles.